The number of anilines is 1. The minimum absolute atomic E-state index is 0.104. The highest BCUT2D eigenvalue weighted by Gasteiger charge is 2.19. The standard InChI is InChI=1S/C15H22N2O3/c1-15(2,8-7-13(18)19)9-10-17-14(20)11-3-5-12(16)6-4-11/h3-6H,7-10,16H2,1-2H3,(H,17,20)(H,18,19). The number of amides is 1. The van der Waals surface area contributed by atoms with Gasteiger partial charge in [0.1, 0.15) is 0 Å². The van der Waals surface area contributed by atoms with E-state index < -0.39 is 5.97 Å². The lowest BCUT2D eigenvalue weighted by atomic mass is 9.84. The highest BCUT2D eigenvalue weighted by atomic mass is 16.4. The Morgan fingerprint density at radius 1 is 1.20 bits per heavy atom. The summed E-state index contributed by atoms with van der Waals surface area (Å²) < 4.78 is 0. The van der Waals surface area contributed by atoms with Gasteiger partial charge in [-0.3, -0.25) is 9.59 Å². The first kappa shape index (κ1) is 16.0. The molecule has 0 saturated carbocycles. The Kier molecular flexibility index (Phi) is 5.55. The summed E-state index contributed by atoms with van der Waals surface area (Å²) in [5.74, 6) is -0.928. The fourth-order valence-corrected chi connectivity index (χ4v) is 1.82. The number of hydrogen-bond acceptors (Lipinski definition) is 3. The average Bonchev–Trinajstić information content (AvgIpc) is 2.37. The number of carboxylic acid groups (broad SMARTS) is 1. The summed E-state index contributed by atoms with van der Waals surface area (Å²) in [6, 6.07) is 6.73. The summed E-state index contributed by atoms with van der Waals surface area (Å²) in [5, 5.41) is 11.5. The Balaban J connectivity index is 2.38. The Morgan fingerprint density at radius 3 is 2.35 bits per heavy atom. The van der Waals surface area contributed by atoms with Crippen LogP contribution in [0, 0.1) is 5.41 Å². The lowest BCUT2D eigenvalue weighted by molar-refractivity contribution is -0.137. The maximum Gasteiger partial charge on any atom is 0.303 e. The summed E-state index contributed by atoms with van der Waals surface area (Å²) in [5.41, 5.74) is 6.65. The van der Waals surface area contributed by atoms with Crippen LogP contribution >= 0.6 is 0 Å². The van der Waals surface area contributed by atoms with E-state index in [-0.39, 0.29) is 17.7 Å². The van der Waals surface area contributed by atoms with E-state index in [2.05, 4.69) is 5.32 Å². The second-order valence-electron chi connectivity index (χ2n) is 5.69. The summed E-state index contributed by atoms with van der Waals surface area (Å²) in [4.78, 5) is 22.4. The van der Waals surface area contributed by atoms with Crippen LogP contribution in [0.4, 0.5) is 5.69 Å². The molecule has 0 aliphatic heterocycles. The molecule has 0 bridgehead atoms. The minimum atomic E-state index is -0.788. The van der Waals surface area contributed by atoms with Crippen molar-refractivity contribution in [2.24, 2.45) is 5.41 Å². The number of hydrogen-bond donors (Lipinski definition) is 3. The van der Waals surface area contributed by atoms with Gasteiger partial charge in [0, 0.05) is 24.2 Å². The van der Waals surface area contributed by atoms with Crippen LogP contribution in [0.1, 0.15) is 43.5 Å². The van der Waals surface area contributed by atoms with Gasteiger partial charge in [0.15, 0.2) is 0 Å². The number of benzene rings is 1. The van der Waals surface area contributed by atoms with Crippen LogP contribution in [0.15, 0.2) is 24.3 Å². The van der Waals surface area contributed by atoms with Crippen molar-refractivity contribution in [3.8, 4) is 0 Å². The van der Waals surface area contributed by atoms with Crippen molar-refractivity contribution in [1.82, 2.24) is 5.32 Å². The molecule has 0 aliphatic carbocycles. The van der Waals surface area contributed by atoms with Crippen molar-refractivity contribution in [1.29, 1.82) is 0 Å². The molecule has 0 heterocycles. The molecule has 0 spiro atoms. The number of nitrogens with two attached hydrogens (primary N) is 1. The summed E-state index contributed by atoms with van der Waals surface area (Å²) >= 11 is 0. The molecule has 0 radical (unpaired) electrons. The third-order valence-electron chi connectivity index (χ3n) is 3.28. The van der Waals surface area contributed by atoms with Gasteiger partial charge in [0.2, 0.25) is 0 Å². The Labute approximate surface area is 119 Å². The van der Waals surface area contributed by atoms with E-state index in [9.17, 15) is 9.59 Å². The van der Waals surface area contributed by atoms with Gasteiger partial charge < -0.3 is 16.2 Å². The molecule has 0 aromatic heterocycles. The van der Waals surface area contributed by atoms with Crippen molar-refractivity contribution in [2.45, 2.75) is 33.1 Å². The van der Waals surface area contributed by atoms with Gasteiger partial charge in [-0.2, -0.15) is 0 Å². The van der Waals surface area contributed by atoms with Crippen molar-refractivity contribution >= 4 is 17.6 Å². The van der Waals surface area contributed by atoms with E-state index in [0.29, 0.717) is 24.2 Å². The molecule has 110 valence electrons. The highest BCUT2D eigenvalue weighted by molar-refractivity contribution is 5.94. The number of nitrogens with one attached hydrogen (secondary N) is 1. The Morgan fingerprint density at radius 2 is 1.80 bits per heavy atom. The first-order chi connectivity index (χ1) is 9.30. The van der Waals surface area contributed by atoms with Crippen LogP contribution < -0.4 is 11.1 Å². The number of carbonyl (C=O) groups is 2. The number of carboxylic acids is 1. The predicted molar refractivity (Wildman–Crippen MR) is 78.5 cm³/mol. The van der Waals surface area contributed by atoms with E-state index in [4.69, 9.17) is 10.8 Å². The first-order valence-corrected chi connectivity index (χ1v) is 6.66. The lowest BCUT2D eigenvalue weighted by Crippen LogP contribution is -2.28. The number of carbonyl (C=O) groups excluding carboxylic acids is 1. The van der Waals surface area contributed by atoms with Crippen molar-refractivity contribution in [3.63, 3.8) is 0 Å². The minimum Gasteiger partial charge on any atom is -0.481 e. The zero-order valence-electron chi connectivity index (χ0n) is 12.0. The lowest BCUT2D eigenvalue weighted by Gasteiger charge is -2.23. The summed E-state index contributed by atoms with van der Waals surface area (Å²) in [6.45, 7) is 4.53. The molecule has 1 amide bonds. The van der Waals surface area contributed by atoms with Gasteiger partial charge in [-0.15, -0.1) is 0 Å². The van der Waals surface area contributed by atoms with Gasteiger partial charge >= 0.3 is 5.97 Å². The normalized spacial score (nSPS) is 11.1. The molecule has 0 fully saturated rings. The second kappa shape index (κ2) is 6.93. The van der Waals surface area contributed by atoms with Gasteiger partial charge in [-0.05, 0) is 42.5 Å². The van der Waals surface area contributed by atoms with Crippen LogP contribution in [0.2, 0.25) is 0 Å². The van der Waals surface area contributed by atoms with Gasteiger partial charge in [-0.1, -0.05) is 13.8 Å². The highest BCUT2D eigenvalue weighted by Crippen LogP contribution is 2.26. The third kappa shape index (κ3) is 5.73. The largest absolute Gasteiger partial charge is 0.481 e. The number of nitrogen functional groups attached to an aromatic ring is 1. The second-order valence-corrected chi connectivity index (χ2v) is 5.69. The molecule has 0 aliphatic rings. The number of rotatable bonds is 7. The smallest absolute Gasteiger partial charge is 0.303 e. The summed E-state index contributed by atoms with van der Waals surface area (Å²) in [6.07, 6.45) is 1.49. The maximum absolute atomic E-state index is 11.9. The van der Waals surface area contributed by atoms with Gasteiger partial charge in [0.25, 0.3) is 5.91 Å². The third-order valence-corrected chi connectivity index (χ3v) is 3.28. The topological polar surface area (TPSA) is 92.4 Å². The van der Waals surface area contributed by atoms with Crippen LogP contribution in [0.25, 0.3) is 0 Å². The van der Waals surface area contributed by atoms with E-state index in [1.165, 1.54) is 0 Å². The molecule has 1 rings (SSSR count). The number of aliphatic carboxylic acids is 1. The molecule has 20 heavy (non-hydrogen) atoms. The monoisotopic (exact) mass is 278 g/mol. The molecule has 0 atom stereocenters. The zero-order valence-corrected chi connectivity index (χ0v) is 12.0. The van der Waals surface area contributed by atoms with E-state index in [1.807, 2.05) is 13.8 Å². The van der Waals surface area contributed by atoms with Crippen LogP contribution in [-0.4, -0.2) is 23.5 Å². The SMILES string of the molecule is CC(C)(CCNC(=O)c1ccc(N)cc1)CCC(=O)O. The Hall–Kier alpha value is -2.04. The predicted octanol–water partition coefficient (Wildman–Crippen LogP) is 2.28. The van der Waals surface area contributed by atoms with E-state index >= 15 is 0 Å². The first-order valence-electron chi connectivity index (χ1n) is 6.66. The van der Waals surface area contributed by atoms with Crippen LogP contribution in [0.3, 0.4) is 0 Å². The molecule has 1 aromatic carbocycles. The van der Waals surface area contributed by atoms with Crippen molar-refractivity contribution < 1.29 is 14.7 Å². The zero-order chi connectivity index (χ0) is 15.2. The molecule has 0 unspecified atom stereocenters. The average molecular weight is 278 g/mol. The van der Waals surface area contributed by atoms with E-state index in [1.54, 1.807) is 24.3 Å². The Bertz CT molecular complexity index is 467. The molecule has 1 aromatic rings. The van der Waals surface area contributed by atoms with Gasteiger partial charge in [-0.25, -0.2) is 0 Å². The molecular weight excluding hydrogens is 256 g/mol. The van der Waals surface area contributed by atoms with Crippen molar-refractivity contribution in [3.05, 3.63) is 29.8 Å². The fraction of sp³-hybridized carbons (Fsp3) is 0.467. The van der Waals surface area contributed by atoms with Crippen LogP contribution in [0.5, 0.6) is 0 Å². The van der Waals surface area contributed by atoms with Crippen molar-refractivity contribution in [2.75, 3.05) is 12.3 Å². The molecule has 5 heteroatoms. The quantitative estimate of drug-likeness (QED) is 0.667. The molecule has 5 nitrogen and oxygen atoms in total. The molecule has 4 N–H and O–H groups in total. The van der Waals surface area contributed by atoms with E-state index in [0.717, 1.165) is 6.42 Å². The molecule has 0 saturated heterocycles. The maximum atomic E-state index is 11.9. The molecular formula is C15H22N2O3. The van der Waals surface area contributed by atoms with Crippen LogP contribution in [-0.2, 0) is 4.79 Å². The summed E-state index contributed by atoms with van der Waals surface area (Å²) in [7, 11) is 0. The fourth-order valence-electron chi connectivity index (χ4n) is 1.82. The van der Waals surface area contributed by atoms with Gasteiger partial charge in [0.05, 0.1) is 0 Å².